The largest absolute Gasteiger partial charge is 0.493 e. The molecule has 14 aromatic rings. The Morgan fingerprint density at radius 1 is 0.475 bits per heavy atom. The number of amides is 4. The van der Waals surface area contributed by atoms with Gasteiger partial charge in [0.1, 0.15) is 87.3 Å². The van der Waals surface area contributed by atoms with E-state index in [9.17, 15) is 41.1 Å². The van der Waals surface area contributed by atoms with E-state index in [0.717, 1.165) is 29.8 Å². The van der Waals surface area contributed by atoms with Crippen molar-refractivity contribution in [2.24, 2.45) is 0 Å². The Kier molecular flexibility index (Phi) is 27.4. The molecule has 2 aromatic carbocycles. The summed E-state index contributed by atoms with van der Waals surface area (Å²) in [6.45, 7) is 13.7. The predicted octanol–water partition coefficient (Wildman–Crippen LogP) is 15.3. The van der Waals surface area contributed by atoms with Crippen LogP contribution >= 0.6 is 23.2 Å². The van der Waals surface area contributed by atoms with Gasteiger partial charge in [0.2, 0.25) is 23.6 Å². The highest BCUT2D eigenvalue weighted by molar-refractivity contribution is 6.31. The number of aromatic nitrogens is 16. The molecular formula is C79H101Cl2F5N24O8. The van der Waals surface area contributed by atoms with Crippen LogP contribution in [0.3, 0.4) is 0 Å². The number of halogens is 7. The monoisotopic (exact) mass is 1680 g/mol. The predicted molar refractivity (Wildman–Crippen MR) is 460 cm³/mol. The fourth-order valence-electron chi connectivity index (χ4n) is 11.9. The second-order valence-corrected chi connectivity index (χ2v) is 28.1. The molecule has 4 amide bonds. The van der Waals surface area contributed by atoms with E-state index in [1.807, 2.05) is 33.8 Å². The summed E-state index contributed by atoms with van der Waals surface area (Å²) in [5, 5.41) is 27.5. The Morgan fingerprint density at radius 3 is 1.25 bits per heavy atom. The van der Waals surface area contributed by atoms with Gasteiger partial charge in [-0.25, -0.2) is 81.8 Å². The number of ether oxygens (including phenoxy) is 4. The minimum absolute atomic E-state index is 0. The van der Waals surface area contributed by atoms with Crippen LogP contribution in [0.15, 0.2) is 123 Å². The normalized spacial score (nSPS) is 11.9. The Bertz CT molecular complexity index is 6020. The van der Waals surface area contributed by atoms with Gasteiger partial charge < -0.3 is 81.4 Å². The number of hydrogen-bond donors (Lipinski definition) is 12. The summed E-state index contributed by atoms with van der Waals surface area (Å²) in [6.07, 6.45) is 13.5. The summed E-state index contributed by atoms with van der Waals surface area (Å²) in [6, 6.07) is 15.5. The van der Waals surface area contributed by atoms with Crippen LogP contribution in [0, 0.1) is 11.6 Å². The first-order valence-electron chi connectivity index (χ1n) is 36.7. The van der Waals surface area contributed by atoms with E-state index in [4.69, 9.17) is 57.1 Å². The maximum absolute atomic E-state index is 13.5. The van der Waals surface area contributed by atoms with E-state index in [1.165, 1.54) is 38.7 Å². The van der Waals surface area contributed by atoms with Gasteiger partial charge in [0.25, 0.3) is 6.43 Å². The van der Waals surface area contributed by atoms with Crippen LogP contribution in [-0.2, 0) is 19.2 Å². The van der Waals surface area contributed by atoms with E-state index in [1.54, 1.807) is 122 Å². The van der Waals surface area contributed by atoms with Crippen molar-refractivity contribution in [3.8, 4) is 68.5 Å². The summed E-state index contributed by atoms with van der Waals surface area (Å²) in [5.41, 5.74) is 3.87. The average Bonchev–Trinajstić information content (AvgIpc) is 1.75. The second kappa shape index (κ2) is 37.9. The van der Waals surface area contributed by atoms with Gasteiger partial charge in [-0.1, -0.05) is 30.1 Å². The van der Waals surface area contributed by atoms with Crippen molar-refractivity contribution < 1.29 is 72.9 Å². The fraction of sp³-hybridized carbons (Fsp3) is 0.291. The first-order chi connectivity index (χ1) is 56.5. The maximum atomic E-state index is 13.5. The molecule has 2 atom stereocenters. The Morgan fingerprint density at radius 2 is 0.856 bits per heavy atom. The van der Waals surface area contributed by atoms with Crippen molar-refractivity contribution in [1.82, 2.24) is 101 Å². The second-order valence-electron chi connectivity index (χ2n) is 27.2. The van der Waals surface area contributed by atoms with Crippen molar-refractivity contribution in [2.75, 3.05) is 82.6 Å². The summed E-state index contributed by atoms with van der Waals surface area (Å²) < 4.78 is 86.1. The molecule has 0 aliphatic heterocycles. The van der Waals surface area contributed by atoms with E-state index in [2.05, 4.69) is 107 Å². The molecule has 39 heteroatoms. The van der Waals surface area contributed by atoms with Crippen molar-refractivity contribution in [3.05, 3.63) is 144 Å². The van der Waals surface area contributed by atoms with Crippen molar-refractivity contribution in [1.29, 1.82) is 0 Å². The van der Waals surface area contributed by atoms with Gasteiger partial charge in [0.15, 0.2) is 46.3 Å². The number of aromatic amines is 4. The number of pyridine rings is 4. The number of methoxy groups -OCH3 is 4. The molecule has 0 unspecified atom stereocenters. The Hall–Kier alpha value is -13.5. The first-order valence-corrected chi connectivity index (χ1v) is 37.4. The molecule has 0 aliphatic carbocycles. The zero-order chi connectivity index (χ0) is 84.7. The van der Waals surface area contributed by atoms with Crippen LogP contribution in [0.1, 0.15) is 74.7 Å². The minimum atomic E-state index is -2.67. The van der Waals surface area contributed by atoms with Gasteiger partial charge in [0, 0.05) is 149 Å². The molecule has 118 heavy (non-hydrogen) atoms. The molecule has 12 aromatic heterocycles. The van der Waals surface area contributed by atoms with E-state index in [0.29, 0.717) is 170 Å². The highest BCUT2D eigenvalue weighted by atomic mass is 35.5. The third kappa shape index (κ3) is 20.2. The molecule has 14 rings (SSSR count). The lowest BCUT2D eigenvalue weighted by Gasteiger charge is -2.26. The van der Waals surface area contributed by atoms with E-state index < -0.39 is 60.3 Å². The first kappa shape index (κ1) is 85.4. The van der Waals surface area contributed by atoms with Crippen molar-refractivity contribution in [2.45, 2.75) is 91.4 Å². The number of nitrogens with one attached hydrogen (secondary N) is 12. The average molecular weight is 1680 g/mol. The fourth-order valence-corrected chi connectivity index (χ4v) is 12.2. The van der Waals surface area contributed by atoms with Crippen LogP contribution in [0.2, 0.25) is 10.0 Å². The number of nitrogens with zero attached hydrogens (tertiary/aromatic N) is 12. The summed E-state index contributed by atoms with van der Waals surface area (Å²) >= 11 is 12.3. The molecule has 0 fully saturated rings. The van der Waals surface area contributed by atoms with Gasteiger partial charge in [-0.05, 0) is 103 Å². The zero-order valence-corrected chi connectivity index (χ0v) is 67.3. The molecule has 0 spiro atoms. The smallest absolute Gasteiger partial charge is 0.255 e. The number of rotatable bonds is 27. The number of carbonyl (C=O) groups is 4. The number of likely N-dealkylation sites (N-methyl/N-ethyl adjacent to an activating group) is 1. The molecule has 0 aliphatic rings. The Balaban J connectivity index is 0.000000567. The number of H-pyrrole nitrogens is 4. The van der Waals surface area contributed by atoms with Crippen molar-refractivity contribution >= 4 is 136 Å². The molecule has 0 saturated carbocycles. The molecule has 12 heterocycles. The summed E-state index contributed by atoms with van der Waals surface area (Å²) in [7, 11) is 6.14. The van der Waals surface area contributed by atoms with Crippen LogP contribution in [0.25, 0.3) is 111 Å². The zero-order valence-electron chi connectivity index (χ0n) is 65.8. The standard InChI is InChI=1S/C24H27ClN6O3.C23H23ClF2N6O3.C16H16F2N6O.C16H17FN6O.9H2/c1-6-7-26-23(32)24(2,3)31-22-15-9-18(33-4)19(34-5)10-17(15)29-21(30-22)16-12-28-20-14(16)8-13(25)11-27-20;1-23(2,22(33)29-10-18(25)26)32-21-13-6-16(34-3)17(35-4)7-15(13)30-20(31-21)14-9-28-19-12(14)5-11(24)8-27-19;1-9(16(25)20-5-3-17)23-13-2-4-19-15(24-13)12-8-22-14-11(12)6-10(18)7-21-14;1-3-18-16(24)9(2)22-13-4-5-19-15(23-13)12-8-21-14-11(12)6-10(17)7-20-14;;;;;;;;;/h8-12H,6-7H2,1-5H3,(H,26,32)(H,27,28)(H,29,30,31);5-9,18H,10H2,1-4H3,(H,27,28)(H,29,33)(H,30,31,32);2,4,6-9H,3,5H2,1H3,(H,20,25)(H,21,22)(H,19,23,24);4-9H,3H2,1-2H3,(H,18,24)(H,20,21)(H,19,22,23);9*1H/t;;2*9-;;;;;;;;;/m..11........./s1. The van der Waals surface area contributed by atoms with Crippen LogP contribution in [0.4, 0.5) is 45.2 Å². The lowest BCUT2D eigenvalue weighted by molar-refractivity contribution is -0.125. The molecule has 0 radical (unpaired) electrons. The van der Waals surface area contributed by atoms with Gasteiger partial charge in [-0.15, -0.1) is 0 Å². The highest BCUT2D eigenvalue weighted by Crippen LogP contribution is 2.40. The lowest BCUT2D eigenvalue weighted by atomic mass is 10.0. The third-order valence-corrected chi connectivity index (χ3v) is 18.3. The number of fused-ring (bicyclic) bond motifs is 6. The van der Waals surface area contributed by atoms with Gasteiger partial charge >= 0.3 is 0 Å². The van der Waals surface area contributed by atoms with Crippen LogP contribution in [-0.4, -0.2) is 194 Å². The number of carbonyl (C=O) groups excluding carboxylic acids is 4. The van der Waals surface area contributed by atoms with Crippen molar-refractivity contribution in [3.63, 3.8) is 0 Å². The molecule has 0 bridgehead atoms. The molecular weight excluding hydrogens is 1580 g/mol. The van der Waals surface area contributed by atoms with Gasteiger partial charge in [0.05, 0.1) is 68.5 Å². The molecule has 32 nitrogen and oxygen atoms in total. The topological polar surface area (TPSA) is 419 Å². The maximum Gasteiger partial charge on any atom is 0.255 e. The molecule has 0 saturated heterocycles. The third-order valence-electron chi connectivity index (χ3n) is 17.9. The SMILES string of the molecule is CCCNC(=O)C(C)(C)Nc1nc(-c2c[nH]c3ncc(Cl)cc23)nc2cc(OC)c(OC)cc12.CCNC(=O)[C@@H](C)Nc1ccnc(-c2c[nH]c3ncc(F)cc23)n1.COc1cc2nc(-c3c[nH]c4ncc(Cl)cc34)nc(NC(C)(C)C(=O)NCC(F)F)c2cc1OC.C[C@@H](Nc1ccnc(-c2c[nH]c3ncc(F)cc23)n1)C(=O)NCCF.[HH].[HH].[HH].[HH].[HH].[HH].[HH].[HH].[HH]. The number of hydrogen-bond acceptors (Lipinski definition) is 24. The molecule has 12 N–H and O–H groups in total. The lowest BCUT2D eigenvalue weighted by Crippen LogP contribution is -2.49. The molecule has 634 valence electrons. The van der Waals surface area contributed by atoms with Gasteiger partial charge in [-0.3, -0.25) is 19.2 Å². The Labute approximate surface area is 694 Å². The van der Waals surface area contributed by atoms with E-state index in [-0.39, 0.29) is 37.1 Å². The number of anilines is 4. The van der Waals surface area contributed by atoms with E-state index >= 15 is 0 Å². The van der Waals surface area contributed by atoms with Gasteiger partial charge in [-0.2, -0.15) is 0 Å². The number of alkyl halides is 3. The highest BCUT2D eigenvalue weighted by Gasteiger charge is 2.32. The minimum Gasteiger partial charge on any atom is -0.493 e. The number of benzene rings is 2. The quantitative estimate of drug-likeness (QED) is 0.0213. The van der Waals surface area contributed by atoms with Crippen LogP contribution < -0.4 is 61.5 Å². The summed E-state index contributed by atoms with van der Waals surface area (Å²) in [4.78, 5) is 114. The summed E-state index contributed by atoms with van der Waals surface area (Å²) in [5.74, 6) is 3.14. The van der Waals surface area contributed by atoms with Crippen LogP contribution in [0.5, 0.6) is 23.0 Å².